The van der Waals surface area contributed by atoms with Crippen LogP contribution in [0.5, 0.6) is 5.75 Å². The van der Waals surface area contributed by atoms with E-state index in [-0.39, 0.29) is 17.2 Å². The molecule has 0 atom stereocenters. The minimum atomic E-state index is -3.83. The van der Waals surface area contributed by atoms with E-state index in [4.69, 9.17) is 4.74 Å². The van der Waals surface area contributed by atoms with Crippen LogP contribution in [0.25, 0.3) is 11.5 Å². The smallest absolute Gasteiger partial charge is 0.240 e. The molecule has 0 aliphatic rings. The number of nitrogens with zero attached hydrogens (tertiary/aromatic N) is 3. The Hall–Kier alpha value is -2.78. The van der Waals surface area contributed by atoms with Crippen LogP contribution in [0.2, 0.25) is 0 Å². The van der Waals surface area contributed by atoms with Crippen molar-refractivity contribution in [2.45, 2.75) is 11.4 Å². The Morgan fingerprint density at radius 3 is 2.73 bits per heavy atom. The van der Waals surface area contributed by atoms with Crippen LogP contribution in [0.15, 0.2) is 59.9 Å². The highest BCUT2D eigenvalue weighted by molar-refractivity contribution is 7.89. The molecule has 3 aromatic rings. The molecule has 0 aliphatic carbocycles. The van der Waals surface area contributed by atoms with Gasteiger partial charge in [0.2, 0.25) is 10.0 Å². The van der Waals surface area contributed by atoms with Crippen LogP contribution >= 0.6 is 0 Å². The van der Waals surface area contributed by atoms with Crippen molar-refractivity contribution in [2.75, 3.05) is 13.7 Å². The summed E-state index contributed by atoms with van der Waals surface area (Å²) in [6, 6.07) is 8.97. The summed E-state index contributed by atoms with van der Waals surface area (Å²) in [4.78, 5) is 8.33. The number of halogens is 1. The van der Waals surface area contributed by atoms with Crippen LogP contribution in [0, 0.1) is 5.82 Å². The van der Waals surface area contributed by atoms with E-state index in [2.05, 4.69) is 14.7 Å². The van der Waals surface area contributed by atoms with E-state index in [9.17, 15) is 12.8 Å². The maximum absolute atomic E-state index is 13.7. The fourth-order valence-corrected chi connectivity index (χ4v) is 3.45. The molecule has 2 aromatic heterocycles. The van der Waals surface area contributed by atoms with Gasteiger partial charge in [-0.25, -0.2) is 22.5 Å². The lowest BCUT2D eigenvalue weighted by Crippen LogP contribution is -2.27. The van der Waals surface area contributed by atoms with Crippen molar-refractivity contribution in [2.24, 2.45) is 0 Å². The molecular weight excluding hydrogens is 359 g/mol. The summed E-state index contributed by atoms with van der Waals surface area (Å²) < 4.78 is 47.4. The van der Waals surface area contributed by atoms with Gasteiger partial charge in [0.15, 0.2) is 17.4 Å². The Bertz CT molecular complexity index is 990. The summed E-state index contributed by atoms with van der Waals surface area (Å²) in [5, 5.41) is 0. The van der Waals surface area contributed by atoms with Gasteiger partial charge < -0.3 is 9.30 Å². The number of imidazole rings is 1. The predicted molar refractivity (Wildman–Crippen MR) is 93.6 cm³/mol. The number of methoxy groups -OCH3 is 1. The molecule has 1 N–H and O–H groups in total. The van der Waals surface area contributed by atoms with Gasteiger partial charge in [0.25, 0.3) is 0 Å². The van der Waals surface area contributed by atoms with Crippen LogP contribution < -0.4 is 9.46 Å². The van der Waals surface area contributed by atoms with Crippen molar-refractivity contribution in [3.05, 3.63) is 60.8 Å². The fraction of sp³-hybridized carbons (Fsp3) is 0.176. The van der Waals surface area contributed by atoms with Crippen LogP contribution in [0.3, 0.4) is 0 Å². The number of rotatable bonds is 7. The zero-order valence-corrected chi connectivity index (χ0v) is 14.8. The van der Waals surface area contributed by atoms with E-state index in [1.807, 2.05) is 12.1 Å². The molecule has 0 spiro atoms. The van der Waals surface area contributed by atoms with E-state index in [0.29, 0.717) is 18.1 Å². The van der Waals surface area contributed by atoms with E-state index >= 15 is 0 Å². The fourth-order valence-electron chi connectivity index (χ4n) is 2.42. The minimum absolute atomic E-state index is 0.0117. The molecule has 0 aliphatic heterocycles. The number of aromatic nitrogens is 3. The Kier molecular flexibility index (Phi) is 5.29. The van der Waals surface area contributed by atoms with Crippen molar-refractivity contribution in [1.82, 2.24) is 19.3 Å². The van der Waals surface area contributed by atoms with Crippen LogP contribution in [-0.2, 0) is 16.6 Å². The van der Waals surface area contributed by atoms with Crippen molar-refractivity contribution in [1.29, 1.82) is 0 Å². The number of benzene rings is 1. The molecule has 9 heteroatoms. The third-order valence-electron chi connectivity index (χ3n) is 3.69. The molecule has 136 valence electrons. The first kappa shape index (κ1) is 18.0. The average molecular weight is 376 g/mol. The molecule has 0 bridgehead atoms. The first-order chi connectivity index (χ1) is 12.5. The Morgan fingerprint density at radius 2 is 2.04 bits per heavy atom. The Labute approximate surface area is 150 Å². The molecule has 0 unspecified atom stereocenters. The summed E-state index contributed by atoms with van der Waals surface area (Å²) in [7, 11) is -2.52. The quantitative estimate of drug-likeness (QED) is 0.682. The molecular formula is C17H17FN4O3S. The third-order valence-corrected chi connectivity index (χ3v) is 5.15. The monoisotopic (exact) mass is 376 g/mol. The van der Waals surface area contributed by atoms with Gasteiger partial charge in [0, 0.05) is 31.7 Å². The molecule has 0 fully saturated rings. The number of hydrogen-bond donors (Lipinski definition) is 1. The van der Waals surface area contributed by atoms with Gasteiger partial charge in [-0.05, 0) is 30.3 Å². The van der Waals surface area contributed by atoms with Gasteiger partial charge in [0.1, 0.15) is 5.69 Å². The van der Waals surface area contributed by atoms with Gasteiger partial charge in [-0.3, -0.25) is 4.98 Å². The SMILES string of the molecule is COc1ccc(S(=O)(=O)NCCn2ccnc2-c2ccccn2)cc1F. The standard InChI is InChI=1S/C17H17FN4O3S/c1-25-16-6-5-13(12-14(16)18)26(23,24)21-9-11-22-10-8-20-17(22)15-4-2-3-7-19-15/h2-8,10,12,21H,9,11H2,1H3. The summed E-state index contributed by atoms with van der Waals surface area (Å²) in [5.74, 6) is -0.106. The maximum Gasteiger partial charge on any atom is 0.240 e. The number of pyridine rings is 1. The van der Waals surface area contributed by atoms with E-state index in [1.54, 1.807) is 29.2 Å². The number of ether oxygens (including phenoxy) is 1. The molecule has 0 saturated heterocycles. The molecule has 7 nitrogen and oxygen atoms in total. The summed E-state index contributed by atoms with van der Waals surface area (Å²) in [6.07, 6.45) is 5.03. The first-order valence-corrected chi connectivity index (χ1v) is 9.25. The third kappa shape index (κ3) is 3.89. The van der Waals surface area contributed by atoms with Crippen molar-refractivity contribution in [3.63, 3.8) is 0 Å². The lowest BCUT2D eigenvalue weighted by molar-refractivity contribution is 0.385. The molecule has 26 heavy (non-hydrogen) atoms. The second-order valence-electron chi connectivity index (χ2n) is 5.35. The average Bonchev–Trinajstić information content (AvgIpc) is 3.10. The lowest BCUT2D eigenvalue weighted by Gasteiger charge is -2.10. The van der Waals surface area contributed by atoms with Crippen molar-refractivity contribution < 1.29 is 17.5 Å². The summed E-state index contributed by atoms with van der Waals surface area (Å²) in [5.41, 5.74) is 0.692. The largest absolute Gasteiger partial charge is 0.494 e. The maximum atomic E-state index is 13.7. The van der Waals surface area contributed by atoms with Crippen molar-refractivity contribution in [3.8, 4) is 17.3 Å². The molecule has 0 saturated carbocycles. The van der Waals surface area contributed by atoms with Crippen molar-refractivity contribution >= 4 is 10.0 Å². The Balaban J connectivity index is 1.69. The van der Waals surface area contributed by atoms with E-state index in [0.717, 1.165) is 6.07 Å². The summed E-state index contributed by atoms with van der Waals surface area (Å²) in [6.45, 7) is 0.468. The second-order valence-corrected chi connectivity index (χ2v) is 7.12. The van der Waals surface area contributed by atoms with Gasteiger partial charge in [-0.15, -0.1) is 0 Å². The molecule has 3 rings (SSSR count). The van der Waals surface area contributed by atoms with Gasteiger partial charge >= 0.3 is 0 Å². The van der Waals surface area contributed by atoms with Crippen LogP contribution in [0.4, 0.5) is 4.39 Å². The van der Waals surface area contributed by atoms with Crippen LogP contribution in [0.1, 0.15) is 0 Å². The normalized spacial score (nSPS) is 11.5. The molecule has 0 amide bonds. The predicted octanol–water partition coefficient (Wildman–Crippen LogP) is 2.07. The van der Waals surface area contributed by atoms with Gasteiger partial charge in [-0.1, -0.05) is 6.07 Å². The minimum Gasteiger partial charge on any atom is -0.494 e. The topological polar surface area (TPSA) is 86.1 Å². The molecule has 2 heterocycles. The zero-order valence-electron chi connectivity index (χ0n) is 14.0. The van der Waals surface area contributed by atoms with E-state index < -0.39 is 15.8 Å². The Morgan fingerprint density at radius 1 is 1.19 bits per heavy atom. The zero-order chi connectivity index (χ0) is 18.6. The highest BCUT2D eigenvalue weighted by atomic mass is 32.2. The number of hydrogen-bond acceptors (Lipinski definition) is 5. The summed E-state index contributed by atoms with van der Waals surface area (Å²) >= 11 is 0. The van der Waals surface area contributed by atoms with Gasteiger partial charge in [-0.2, -0.15) is 0 Å². The highest BCUT2D eigenvalue weighted by Crippen LogP contribution is 2.20. The lowest BCUT2D eigenvalue weighted by atomic mass is 10.3. The van der Waals surface area contributed by atoms with Crippen LogP contribution in [-0.4, -0.2) is 36.6 Å². The first-order valence-electron chi connectivity index (χ1n) is 7.77. The van der Waals surface area contributed by atoms with Gasteiger partial charge in [0.05, 0.1) is 12.0 Å². The second kappa shape index (κ2) is 7.63. The molecule has 0 radical (unpaired) electrons. The van der Waals surface area contributed by atoms with E-state index in [1.165, 1.54) is 19.2 Å². The molecule has 1 aromatic carbocycles. The number of nitrogens with one attached hydrogen (secondary N) is 1. The number of sulfonamides is 1. The highest BCUT2D eigenvalue weighted by Gasteiger charge is 2.16.